The summed E-state index contributed by atoms with van der Waals surface area (Å²) in [6.07, 6.45) is 1.43. The maximum Gasteiger partial charge on any atom is 0.237 e. The molecule has 0 unspecified atom stereocenters. The lowest BCUT2D eigenvalue weighted by atomic mass is 9.96. The minimum Gasteiger partial charge on any atom is -0.342 e. The van der Waals surface area contributed by atoms with Crippen LogP contribution in [0.3, 0.4) is 0 Å². The van der Waals surface area contributed by atoms with E-state index in [4.69, 9.17) is 5.84 Å². The number of hydrazine groups is 1. The van der Waals surface area contributed by atoms with Crippen molar-refractivity contribution < 1.29 is 9.59 Å². The molecule has 2 heterocycles. The first-order valence-electron chi connectivity index (χ1n) is 6.79. The number of hydrogen-bond donors (Lipinski definition) is 2. The maximum absolute atomic E-state index is 12.2. The molecule has 2 rings (SSSR count). The van der Waals surface area contributed by atoms with Crippen LogP contribution < -0.4 is 11.3 Å². The fourth-order valence-electron chi connectivity index (χ4n) is 2.56. The molecule has 0 saturated carbocycles. The molecule has 0 aliphatic carbocycles. The molecule has 0 radical (unpaired) electrons. The molecule has 3 N–H and O–H groups in total. The molecule has 2 amide bonds. The van der Waals surface area contributed by atoms with Crippen LogP contribution in [-0.4, -0.2) is 65.8 Å². The molecule has 0 aromatic heterocycles. The quantitative estimate of drug-likeness (QED) is 0.406. The van der Waals surface area contributed by atoms with Crippen molar-refractivity contribution in [2.45, 2.75) is 12.8 Å². The summed E-state index contributed by atoms with van der Waals surface area (Å²) in [7, 11) is 0. The molecule has 0 aromatic rings. The van der Waals surface area contributed by atoms with Crippen molar-refractivity contribution in [3.63, 3.8) is 0 Å². The summed E-state index contributed by atoms with van der Waals surface area (Å²) in [5.41, 5.74) is 2.19. The highest BCUT2D eigenvalue weighted by molar-refractivity contribution is 7.99. The SMILES string of the molecule is NNC(=O)C1CCN(C(=O)CN2CCSCC2)CC1. The van der Waals surface area contributed by atoms with Crippen LogP contribution in [0.25, 0.3) is 0 Å². The van der Waals surface area contributed by atoms with Gasteiger partial charge in [-0.05, 0) is 12.8 Å². The van der Waals surface area contributed by atoms with Gasteiger partial charge in [0.1, 0.15) is 0 Å². The van der Waals surface area contributed by atoms with Gasteiger partial charge in [0.15, 0.2) is 0 Å². The molecule has 0 bridgehead atoms. The average Bonchev–Trinajstić information content (AvgIpc) is 2.47. The van der Waals surface area contributed by atoms with E-state index in [0.717, 1.165) is 24.6 Å². The number of thioether (sulfide) groups is 1. The number of likely N-dealkylation sites (tertiary alicyclic amines) is 1. The number of nitrogens with two attached hydrogens (primary N) is 1. The summed E-state index contributed by atoms with van der Waals surface area (Å²) >= 11 is 1.94. The largest absolute Gasteiger partial charge is 0.342 e. The van der Waals surface area contributed by atoms with Crippen molar-refractivity contribution in [3.8, 4) is 0 Å². The van der Waals surface area contributed by atoms with Gasteiger partial charge >= 0.3 is 0 Å². The fourth-order valence-corrected chi connectivity index (χ4v) is 3.54. The summed E-state index contributed by atoms with van der Waals surface area (Å²) in [6, 6.07) is 0. The Morgan fingerprint density at radius 2 is 1.79 bits per heavy atom. The zero-order valence-corrected chi connectivity index (χ0v) is 12.0. The van der Waals surface area contributed by atoms with Gasteiger partial charge in [0.2, 0.25) is 11.8 Å². The van der Waals surface area contributed by atoms with Gasteiger partial charge < -0.3 is 4.90 Å². The first kappa shape index (κ1) is 14.6. The molecule has 2 saturated heterocycles. The molecular weight excluding hydrogens is 264 g/mol. The Morgan fingerprint density at radius 3 is 2.37 bits per heavy atom. The summed E-state index contributed by atoms with van der Waals surface area (Å²) < 4.78 is 0. The molecule has 7 heteroatoms. The van der Waals surface area contributed by atoms with Crippen LogP contribution in [0.2, 0.25) is 0 Å². The van der Waals surface area contributed by atoms with Gasteiger partial charge in [0, 0.05) is 43.6 Å². The van der Waals surface area contributed by atoms with Crippen LogP contribution in [0.15, 0.2) is 0 Å². The van der Waals surface area contributed by atoms with Crippen molar-refractivity contribution in [2.75, 3.05) is 44.2 Å². The first-order chi connectivity index (χ1) is 9.20. The van der Waals surface area contributed by atoms with E-state index in [1.807, 2.05) is 16.7 Å². The van der Waals surface area contributed by atoms with Gasteiger partial charge in [-0.15, -0.1) is 0 Å². The monoisotopic (exact) mass is 286 g/mol. The highest BCUT2D eigenvalue weighted by atomic mass is 32.2. The highest BCUT2D eigenvalue weighted by Crippen LogP contribution is 2.17. The Kier molecular flexibility index (Phi) is 5.47. The molecule has 6 nitrogen and oxygen atoms in total. The van der Waals surface area contributed by atoms with E-state index in [9.17, 15) is 9.59 Å². The number of piperidine rings is 1. The average molecular weight is 286 g/mol. The van der Waals surface area contributed by atoms with Crippen LogP contribution in [0, 0.1) is 5.92 Å². The first-order valence-corrected chi connectivity index (χ1v) is 7.94. The van der Waals surface area contributed by atoms with E-state index < -0.39 is 0 Å². The minimum atomic E-state index is -0.111. The second-order valence-corrected chi connectivity index (χ2v) is 6.28. The number of nitrogens with one attached hydrogen (secondary N) is 1. The topological polar surface area (TPSA) is 78.7 Å². The van der Waals surface area contributed by atoms with E-state index in [1.54, 1.807) is 0 Å². The third-order valence-corrected chi connectivity index (χ3v) is 4.77. The highest BCUT2D eigenvalue weighted by Gasteiger charge is 2.27. The lowest BCUT2D eigenvalue weighted by Gasteiger charge is -2.33. The Labute approximate surface area is 118 Å². The van der Waals surface area contributed by atoms with Gasteiger partial charge in [0.05, 0.1) is 6.54 Å². The standard InChI is InChI=1S/C12H22N4O2S/c13-14-12(18)10-1-3-16(4-2-10)11(17)9-15-5-7-19-8-6-15/h10H,1-9,13H2,(H,14,18). The number of amides is 2. The third kappa shape index (κ3) is 4.09. The summed E-state index contributed by atoms with van der Waals surface area (Å²) in [4.78, 5) is 27.7. The molecule has 2 fully saturated rings. The Hall–Kier alpha value is -0.790. The lowest BCUT2D eigenvalue weighted by Crippen LogP contribution is -2.48. The molecular formula is C12H22N4O2S. The molecule has 2 aliphatic heterocycles. The van der Waals surface area contributed by atoms with E-state index in [0.29, 0.717) is 32.5 Å². The second-order valence-electron chi connectivity index (χ2n) is 5.05. The minimum absolute atomic E-state index is 0.0413. The number of hydrogen-bond acceptors (Lipinski definition) is 5. The number of rotatable bonds is 3. The van der Waals surface area contributed by atoms with Crippen molar-refractivity contribution in [3.05, 3.63) is 0 Å². The van der Waals surface area contributed by atoms with Gasteiger partial charge in [-0.1, -0.05) is 0 Å². The van der Waals surface area contributed by atoms with Crippen molar-refractivity contribution >= 4 is 23.6 Å². The number of nitrogens with zero attached hydrogens (tertiary/aromatic N) is 2. The Morgan fingerprint density at radius 1 is 1.16 bits per heavy atom. The van der Waals surface area contributed by atoms with Crippen molar-refractivity contribution in [1.29, 1.82) is 0 Å². The fraction of sp³-hybridized carbons (Fsp3) is 0.833. The molecule has 108 valence electrons. The predicted octanol–water partition coefficient (Wildman–Crippen LogP) is -0.736. The van der Waals surface area contributed by atoms with Gasteiger partial charge in [-0.2, -0.15) is 11.8 Å². The zero-order chi connectivity index (χ0) is 13.7. The van der Waals surface area contributed by atoms with E-state index >= 15 is 0 Å². The van der Waals surface area contributed by atoms with Crippen LogP contribution in [-0.2, 0) is 9.59 Å². The van der Waals surface area contributed by atoms with Gasteiger partial charge in [-0.3, -0.25) is 19.9 Å². The summed E-state index contributed by atoms with van der Waals surface area (Å²) in [5, 5.41) is 0. The van der Waals surface area contributed by atoms with E-state index in [-0.39, 0.29) is 17.7 Å². The van der Waals surface area contributed by atoms with Crippen molar-refractivity contribution in [1.82, 2.24) is 15.2 Å². The molecule has 2 aliphatic rings. The number of carbonyl (C=O) groups excluding carboxylic acids is 2. The third-order valence-electron chi connectivity index (χ3n) is 3.82. The van der Waals surface area contributed by atoms with E-state index in [2.05, 4.69) is 10.3 Å². The molecule has 19 heavy (non-hydrogen) atoms. The zero-order valence-electron chi connectivity index (χ0n) is 11.1. The van der Waals surface area contributed by atoms with Crippen LogP contribution in [0.1, 0.15) is 12.8 Å². The number of carbonyl (C=O) groups is 2. The maximum atomic E-state index is 12.2. The second kappa shape index (κ2) is 7.12. The molecule has 0 atom stereocenters. The van der Waals surface area contributed by atoms with Gasteiger partial charge in [-0.25, -0.2) is 5.84 Å². The molecule has 0 aromatic carbocycles. The Balaban J connectivity index is 1.74. The van der Waals surface area contributed by atoms with Crippen LogP contribution in [0.5, 0.6) is 0 Å². The van der Waals surface area contributed by atoms with Crippen LogP contribution >= 0.6 is 11.8 Å². The van der Waals surface area contributed by atoms with E-state index in [1.165, 1.54) is 0 Å². The van der Waals surface area contributed by atoms with Crippen molar-refractivity contribution in [2.24, 2.45) is 11.8 Å². The van der Waals surface area contributed by atoms with Gasteiger partial charge in [0.25, 0.3) is 0 Å². The molecule has 0 spiro atoms. The lowest BCUT2D eigenvalue weighted by molar-refractivity contribution is -0.136. The normalized spacial score (nSPS) is 22.3. The smallest absolute Gasteiger partial charge is 0.237 e. The summed E-state index contributed by atoms with van der Waals surface area (Å²) in [6.45, 7) is 3.86. The Bertz CT molecular complexity index is 326. The van der Waals surface area contributed by atoms with Crippen LogP contribution in [0.4, 0.5) is 0 Å². The predicted molar refractivity (Wildman–Crippen MR) is 75.4 cm³/mol. The summed E-state index contributed by atoms with van der Waals surface area (Å²) in [5.74, 6) is 7.41.